The SMILES string of the molecule is CN1C(=O)CC[C@]2(C)c3ccc(Sc4nccc5sccc45)cc3CCC12. The van der Waals surface area contributed by atoms with Crippen molar-refractivity contribution in [2.24, 2.45) is 0 Å². The first-order valence-electron chi connectivity index (χ1n) is 9.45. The number of carbonyl (C=O) groups excluding carboxylic acids is 1. The Morgan fingerprint density at radius 1 is 1.26 bits per heavy atom. The lowest BCUT2D eigenvalue weighted by molar-refractivity contribution is -0.138. The molecule has 0 spiro atoms. The Bertz CT molecular complexity index is 1040. The van der Waals surface area contributed by atoms with E-state index in [9.17, 15) is 4.79 Å². The van der Waals surface area contributed by atoms with Crippen LogP contribution >= 0.6 is 23.1 Å². The van der Waals surface area contributed by atoms with Crippen LogP contribution in [0.3, 0.4) is 0 Å². The number of pyridine rings is 1. The molecule has 2 atom stereocenters. The van der Waals surface area contributed by atoms with Crippen LogP contribution in [0.1, 0.15) is 37.3 Å². The number of amides is 1. The van der Waals surface area contributed by atoms with Crippen molar-refractivity contribution in [3.63, 3.8) is 0 Å². The van der Waals surface area contributed by atoms with Crippen molar-refractivity contribution in [1.29, 1.82) is 0 Å². The van der Waals surface area contributed by atoms with Crippen LogP contribution in [-0.2, 0) is 16.6 Å². The maximum absolute atomic E-state index is 12.2. The van der Waals surface area contributed by atoms with E-state index in [4.69, 9.17) is 0 Å². The highest BCUT2D eigenvalue weighted by Crippen LogP contribution is 2.46. The standard InChI is InChI=1S/C22H22N2OS2/c1-22-10-7-20(25)24(2)19(22)6-3-14-13-15(4-5-17(14)22)27-21-16-9-12-26-18(16)8-11-23-21/h4-5,8-9,11-13,19H,3,6-7,10H2,1-2H3/t19?,22-/m1/s1. The summed E-state index contributed by atoms with van der Waals surface area (Å²) < 4.78 is 1.29. The Morgan fingerprint density at radius 3 is 3.04 bits per heavy atom. The number of nitrogens with zero attached hydrogens (tertiary/aromatic N) is 2. The molecule has 0 bridgehead atoms. The van der Waals surface area contributed by atoms with Gasteiger partial charge in [-0.25, -0.2) is 4.98 Å². The predicted octanol–water partition coefficient (Wildman–Crippen LogP) is 5.27. The maximum Gasteiger partial charge on any atom is 0.222 e. The number of piperidine rings is 1. The van der Waals surface area contributed by atoms with Gasteiger partial charge in [0.15, 0.2) is 0 Å². The summed E-state index contributed by atoms with van der Waals surface area (Å²) in [5.74, 6) is 0.294. The van der Waals surface area contributed by atoms with Gasteiger partial charge in [-0.1, -0.05) is 24.8 Å². The highest BCUT2D eigenvalue weighted by Gasteiger charge is 2.46. The molecule has 3 nitrogen and oxygen atoms in total. The first kappa shape index (κ1) is 17.3. The molecule has 2 aromatic heterocycles. The summed E-state index contributed by atoms with van der Waals surface area (Å²) >= 11 is 3.52. The van der Waals surface area contributed by atoms with Crippen LogP contribution in [0.5, 0.6) is 0 Å². The molecule has 5 heteroatoms. The summed E-state index contributed by atoms with van der Waals surface area (Å²) in [6, 6.07) is 11.5. The molecule has 1 aromatic carbocycles. The van der Waals surface area contributed by atoms with Gasteiger partial charge < -0.3 is 4.90 Å². The van der Waals surface area contributed by atoms with Crippen molar-refractivity contribution in [2.75, 3.05) is 7.05 Å². The summed E-state index contributed by atoms with van der Waals surface area (Å²) in [6.07, 6.45) is 5.61. The van der Waals surface area contributed by atoms with Crippen molar-refractivity contribution < 1.29 is 4.79 Å². The molecule has 1 fully saturated rings. The molecular weight excluding hydrogens is 372 g/mol. The van der Waals surface area contributed by atoms with Gasteiger partial charge in [0.1, 0.15) is 5.03 Å². The van der Waals surface area contributed by atoms with Crippen LogP contribution in [-0.4, -0.2) is 28.9 Å². The van der Waals surface area contributed by atoms with E-state index in [1.165, 1.54) is 26.1 Å². The van der Waals surface area contributed by atoms with E-state index in [1.54, 1.807) is 23.1 Å². The minimum absolute atomic E-state index is 0.0745. The van der Waals surface area contributed by atoms with Crippen LogP contribution in [0.2, 0.25) is 0 Å². The van der Waals surface area contributed by atoms with E-state index in [-0.39, 0.29) is 5.41 Å². The second kappa shape index (κ2) is 6.35. The number of thiophene rings is 1. The second-order valence-electron chi connectivity index (χ2n) is 7.85. The zero-order valence-corrected chi connectivity index (χ0v) is 17.2. The fraction of sp³-hybridized carbons (Fsp3) is 0.364. The number of fused-ring (bicyclic) bond motifs is 4. The number of benzene rings is 1. The van der Waals surface area contributed by atoms with Crippen LogP contribution in [0.25, 0.3) is 10.1 Å². The Hall–Kier alpha value is -1.85. The lowest BCUT2D eigenvalue weighted by atomic mass is 9.63. The lowest BCUT2D eigenvalue weighted by Crippen LogP contribution is -2.56. The van der Waals surface area contributed by atoms with Crippen molar-refractivity contribution in [3.8, 4) is 0 Å². The van der Waals surface area contributed by atoms with E-state index in [0.29, 0.717) is 18.4 Å². The summed E-state index contributed by atoms with van der Waals surface area (Å²) in [7, 11) is 1.98. The molecule has 0 radical (unpaired) electrons. The molecule has 27 heavy (non-hydrogen) atoms. The van der Waals surface area contributed by atoms with Gasteiger partial charge in [0, 0.05) is 46.1 Å². The molecule has 1 amide bonds. The lowest BCUT2D eigenvalue weighted by Gasteiger charge is -2.50. The number of carbonyl (C=O) groups is 1. The molecular formula is C22H22N2OS2. The molecule has 1 aliphatic carbocycles. The molecule has 2 aliphatic rings. The third-order valence-corrected chi connectivity index (χ3v) is 8.28. The quantitative estimate of drug-likeness (QED) is 0.593. The van der Waals surface area contributed by atoms with Gasteiger partial charge in [0.25, 0.3) is 0 Å². The Balaban J connectivity index is 1.49. The van der Waals surface area contributed by atoms with Gasteiger partial charge in [-0.2, -0.15) is 0 Å². The molecule has 3 aromatic rings. The summed E-state index contributed by atoms with van der Waals surface area (Å²) in [4.78, 5) is 20.0. The van der Waals surface area contributed by atoms with E-state index >= 15 is 0 Å². The topological polar surface area (TPSA) is 33.2 Å². The minimum atomic E-state index is 0.0745. The van der Waals surface area contributed by atoms with Crippen molar-refractivity contribution in [1.82, 2.24) is 9.88 Å². The average Bonchev–Trinajstić information content (AvgIpc) is 3.15. The van der Waals surface area contributed by atoms with Gasteiger partial charge >= 0.3 is 0 Å². The predicted molar refractivity (Wildman–Crippen MR) is 112 cm³/mol. The Labute approximate surface area is 167 Å². The Kier molecular flexibility index (Phi) is 4.06. The van der Waals surface area contributed by atoms with Gasteiger partial charge in [0.2, 0.25) is 5.91 Å². The fourth-order valence-corrected chi connectivity index (χ4v) is 6.70. The van der Waals surface area contributed by atoms with E-state index in [0.717, 1.165) is 24.3 Å². The number of aromatic nitrogens is 1. The van der Waals surface area contributed by atoms with Crippen LogP contribution in [0, 0.1) is 0 Å². The number of hydrogen-bond acceptors (Lipinski definition) is 4. The maximum atomic E-state index is 12.2. The molecule has 138 valence electrons. The third-order valence-electron chi connectivity index (χ3n) is 6.39. The van der Waals surface area contributed by atoms with E-state index < -0.39 is 0 Å². The second-order valence-corrected chi connectivity index (χ2v) is 9.86. The first-order chi connectivity index (χ1) is 13.1. The van der Waals surface area contributed by atoms with Gasteiger partial charge in [-0.05, 0) is 60.0 Å². The van der Waals surface area contributed by atoms with Gasteiger partial charge in [-0.15, -0.1) is 11.3 Å². The highest BCUT2D eigenvalue weighted by molar-refractivity contribution is 7.99. The number of likely N-dealkylation sites (N-methyl/N-ethyl adjacent to an activating group) is 1. The Morgan fingerprint density at radius 2 is 2.15 bits per heavy atom. The number of rotatable bonds is 2. The third kappa shape index (κ3) is 2.71. The average molecular weight is 395 g/mol. The van der Waals surface area contributed by atoms with E-state index in [2.05, 4.69) is 47.6 Å². The van der Waals surface area contributed by atoms with Crippen molar-refractivity contribution in [2.45, 2.75) is 54.0 Å². The summed E-state index contributed by atoms with van der Waals surface area (Å²) in [6.45, 7) is 2.35. The summed E-state index contributed by atoms with van der Waals surface area (Å²) in [5.41, 5.74) is 2.95. The molecule has 1 saturated heterocycles. The molecule has 0 N–H and O–H groups in total. The molecule has 5 rings (SSSR count). The monoisotopic (exact) mass is 394 g/mol. The first-order valence-corrected chi connectivity index (χ1v) is 11.1. The zero-order chi connectivity index (χ0) is 18.6. The number of likely N-dealkylation sites (tertiary alicyclic amines) is 1. The van der Waals surface area contributed by atoms with Crippen LogP contribution < -0.4 is 0 Å². The largest absolute Gasteiger partial charge is 0.342 e. The zero-order valence-electron chi connectivity index (χ0n) is 15.6. The van der Waals surface area contributed by atoms with Crippen LogP contribution in [0.4, 0.5) is 0 Å². The molecule has 1 aliphatic heterocycles. The van der Waals surface area contributed by atoms with E-state index in [1.807, 2.05) is 18.1 Å². The van der Waals surface area contributed by atoms with Gasteiger partial charge in [-0.3, -0.25) is 4.79 Å². The summed E-state index contributed by atoms with van der Waals surface area (Å²) in [5, 5.41) is 4.45. The van der Waals surface area contributed by atoms with Gasteiger partial charge in [0.05, 0.1) is 0 Å². The number of aryl methyl sites for hydroxylation is 1. The molecule has 3 heterocycles. The van der Waals surface area contributed by atoms with Crippen molar-refractivity contribution >= 4 is 39.1 Å². The van der Waals surface area contributed by atoms with Crippen LogP contribution in [0.15, 0.2) is 51.8 Å². The smallest absolute Gasteiger partial charge is 0.222 e. The number of hydrogen-bond donors (Lipinski definition) is 0. The molecule has 1 unspecified atom stereocenters. The fourth-order valence-electron chi connectivity index (χ4n) is 4.89. The minimum Gasteiger partial charge on any atom is -0.342 e. The van der Waals surface area contributed by atoms with Crippen molar-refractivity contribution in [3.05, 3.63) is 53.0 Å². The molecule has 0 saturated carbocycles. The highest BCUT2D eigenvalue weighted by atomic mass is 32.2. The normalized spacial score (nSPS) is 24.7.